The third-order valence-corrected chi connectivity index (χ3v) is 5.25. The minimum Gasteiger partial charge on any atom is -0.328 e. The van der Waals surface area contributed by atoms with Crippen molar-refractivity contribution in [3.8, 4) is 11.4 Å². The van der Waals surface area contributed by atoms with Crippen LogP contribution in [0.3, 0.4) is 0 Å². The highest BCUT2D eigenvalue weighted by molar-refractivity contribution is 5.91. The van der Waals surface area contributed by atoms with E-state index in [4.69, 9.17) is 0 Å². The molecule has 0 fully saturated rings. The number of para-hydroxylation sites is 1. The van der Waals surface area contributed by atoms with Crippen molar-refractivity contribution in [2.24, 2.45) is 13.0 Å². The molecule has 2 aromatic carbocycles. The summed E-state index contributed by atoms with van der Waals surface area (Å²) in [5.74, 6) is 0.125. The highest BCUT2D eigenvalue weighted by Gasteiger charge is 2.20. The Balaban J connectivity index is 2.16. The summed E-state index contributed by atoms with van der Waals surface area (Å²) in [5.41, 5.74) is 0.412. The molecule has 0 atom stereocenters. The van der Waals surface area contributed by atoms with E-state index in [0.717, 1.165) is 0 Å². The first-order valence-electron chi connectivity index (χ1n) is 9.67. The smallest absolute Gasteiger partial charge is 0.267 e. The molecule has 0 spiro atoms. The molecule has 4 aromatic rings. The SMILES string of the molecule is CC(C)CCn1c(-c2ccccc2F)nc2c(c(=O)c3ccccc3n2C)c1=O. The van der Waals surface area contributed by atoms with E-state index in [1.165, 1.54) is 10.6 Å². The molecular weight excluding hydrogens is 369 g/mol. The predicted octanol–water partition coefficient (Wildman–Crippen LogP) is 4.10. The maximum Gasteiger partial charge on any atom is 0.267 e. The van der Waals surface area contributed by atoms with Gasteiger partial charge in [0.25, 0.3) is 5.56 Å². The summed E-state index contributed by atoms with van der Waals surface area (Å²) in [7, 11) is 1.76. The van der Waals surface area contributed by atoms with E-state index in [2.05, 4.69) is 18.8 Å². The second-order valence-electron chi connectivity index (χ2n) is 7.66. The molecule has 0 aliphatic rings. The number of pyridine rings is 1. The molecule has 2 aromatic heterocycles. The lowest BCUT2D eigenvalue weighted by Gasteiger charge is -2.17. The molecule has 0 saturated carbocycles. The van der Waals surface area contributed by atoms with E-state index < -0.39 is 11.4 Å². The van der Waals surface area contributed by atoms with Crippen LogP contribution >= 0.6 is 0 Å². The van der Waals surface area contributed by atoms with Crippen LogP contribution in [0.2, 0.25) is 0 Å². The van der Waals surface area contributed by atoms with Crippen molar-refractivity contribution >= 4 is 21.9 Å². The standard InChI is InChI=1S/C23H22FN3O2/c1-14(2)12-13-27-21(15-8-4-6-10-17(15)24)25-22-19(23(27)29)20(28)16-9-5-7-11-18(16)26(22)3/h4-11,14H,12-13H2,1-3H3. The van der Waals surface area contributed by atoms with Gasteiger partial charge >= 0.3 is 0 Å². The Morgan fingerprint density at radius 1 is 1.03 bits per heavy atom. The van der Waals surface area contributed by atoms with Gasteiger partial charge in [-0.2, -0.15) is 0 Å². The van der Waals surface area contributed by atoms with Gasteiger partial charge in [-0.1, -0.05) is 38.1 Å². The zero-order valence-corrected chi connectivity index (χ0v) is 16.6. The zero-order chi connectivity index (χ0) is 20.7. The molecule has 29 heavy (non-hydrogen) atoms. The number of benzene rings is 2. The first-order valence-corrected chi connectivity index (χ1v) is 9.67. The topological polar surface area (TPSA) is 56.9 Å². The first-order chi connectivity index (χ1) is 13.9. The Bertz CT molecular complexity index is 1350. The normalized spacial score (nSPS) is 11.6. The van der Waals surface area contributed by atoms with Crippen LogP contribution in [0, 0.1) is 11.7 Å². The molecule has 0 amide bonds. The van der Waals surface area contributed by atoms with Crippen LogP contribution < -0.4 is 11.0 Å². The minimum atomic E-state index is -0.456. The second-order valence-corrected chi connectivity index (χ2v) is 7.66. The van der Waals surface area contributed by atoms with Crippen LogP contribution in [-0.2, 0) is 13.6 Å². The van der Waals surface area contributed by atoms with Crippen molar-refractivity contribution in [3.63, 3.8) is 0 Å². The lowest BCUT2D eigenvalue weighted by Crippen LogP contribution is -2.29. The molecule has 0 aliphatic heterocycles. The maximum atomic E-state index is 14.6. The summed E-state index contributed by atoms with van der Waals surface area (Å²) < 4.78 is 17.8. The monoisotopic (exact) mass is 391 g/mol. The zero-order valence-electron chi connectivity index (χ0n) is 16.6. The van der Waals surface area contributed by atoms with Crippen molar-refractivity contribution in [1.82, 2.24) is 14.1 Å². The number of aryl methyl sites for hydroxylation is 1. The molecule has 0 aliphatic carbocycles. The van der Waals surface area contributed by atoms with Crippen molar-refractivity contribution in [2.45, 2.75) is 26.8 Å². The summed E-state index contributed by atoms with van der Waals surface area (Å²) in [6.45, 7) is 4.46. The van der Waals surface area contributed by atoms with Crippen molar-refractivity contribution in [3.05, 3.63) is 74.9 Å². The highest BCUT2D eigenvalue weighted by Crippen LogP contribution is 2.23. The quantitative estimate of drug-likeness (QED) is 0.492. The first kappa shape index (κ1) is 19.1. The molecule has 0 bridgehead atoms. The molecular formula is C23H22FN3O2. The Morgan fingerprint density at radius 2 is 1.72 bits per heavy atom. The van der Waals surface area contributed by atoms with E-state index in [1.807, 2.05) is 12.1 Å². The van der Waals surface area contributed by atoms with Crippen molar-refractivity contribution in [2.75, 3.05) is 0 Å². The van der Waals surface area contributed by atoms with Crippen molar-refractivity contribution < 1.29 is 4.39 Å². The number of hydrogen-bond donors (Lipinski definition) is 0. The van der Waals surface area contributed by atoms with E-state index in [0.29, 0.717) is 29.8 Å². The molecule has 0 radical (unpaired) electrons. The van der Waals surface area contributed by atoms with Gasteiger partial charge < -0.3 is 4.57 Å². The Hall–Kier alpha value is -3.28. The van der Waals surface area contributed by atoms with Gasteiger partial charge in [0, 0.05) is 19.0 Å². The number of fused-ring (bicyclic) bond motifs is 2. The average molecular weight is 391 g/mol. The fraction of sp³-hybridized carbons (Fsp3) is 0.261. The number of nitrogens with zero attached hydrogens (tertiary/aromatic N) is 3. The number of rotatable bonds is 4. The Labute approximate surface area is 167 Å². The summed E-state index contributed by atoms with van der Waals surface area (Å²) in [6.07, 6.45) is 0.711. The number of hydrogen-bond acceptors (Lipinski definition) is 3. The van der Waals surface area contributed by atoms with Crippen LogP contribution in [0.15, 0.2) is 58.1 Å². The molecule has 0 unspecified atom stereocenters. The van der Waals surface area contributed by atoms with Gasteiger partial charge in [0.15, 0.2) is 5.65 Å². The summed E-state index contributed by atoms with van der Waals surface area (Å²) in [6, 6.07) is 13.4. The molecule has 4 rings (SSSR count). The third kappa shape index (κ3) is 3.14. The predicted molar refractivity (Wildman–Crippen MR) is 114 cm³/mol. The third-order valence-electron chi connectivity index (χ3n) is 5.25. The van der Waals surface area contributed by atoms with Crippen molar-refractivity contribution in [1.29, 1.82) is 0 Å². The van der Waals surface area contributed by atoms with Crippen LogP contribution in [0.1, 0.15) is 20.3 Å². The number of halogens is 1. The molecule has 0 N–H and O–H groups in total. The van der Waals surface area contributed by atoms with Gasteiger partial charge in [0.2, 0.25) is 5.43 Å². The van der Waals surface area contributed by atoms with Gasteiger partial charge in [-0.3, -0.25) is 14.2 Å². The molecule has 148 valence electrons. The molecule has 0 saturated heterocycles. The second kappa shape index (κ2) is 7.28. The van der Waals surface area contributed by atoms with E-state index in [-0.39, 0.29) is 27.9 Å². The largest absolute Gasteiger partial charge is 0.328 e. The highest BCUT2D eigenvalue weighted by atomic mass is 19.1. The van der Waals surface area contributed by atoms with Gasteiger partial charge in [-0.25, -0.2) is 9.37 Å². The summed E-state index contributed by atoms with van der Waals surface area (Å²) in [4.78, 5) is 31.2. The van der Waals surface area contributed by atoms with Gasteiger partial charge in [-0.15, -0.1) is 0 Å². The molecule has 6 heteroatoms. The Kier molecular flexibility index (Phi) is 4.78. The fourth-order valence-corrected chi connectivity index (χ4v) is 3.63. The number of aromatic nitrogens is 3. The van der Waals surface area contributed by atoms with Gasteiger partial charge in [-0.05, 0) is 36.6 Å². The molecule has 2 heterocycles. The van der Waals surface area contributed by atoms with E-state index in [9.17, 15) is 14.0 Å². The van der Waals surface area contributed by atoms with Crippen LogP contribution in [0.25, 0.3) is 33.3 Å². The lowest BCUT2D eigenvalue weighted by atomic mass is 10.1. The summed E-state index contributed by atoms with van der Waals surface area (Å²) >= 11 is 0. The Morgan fingerprint density at radius 3 is 2.45 bits per heavy atom. The average Bonchev–Trinajstić information content (AvgIpc) is 2.71. The van der Waals surface area contributed by atoms with E-state index in [1.54, 1.807) is 41.9 Å². The van der Waals surface area contributed by atoms with Gasteiger partial charge in [0.1, 0.15) is 17.0 Å². The summed E-state index contributed by atoms with van der Waals surface area (Å²) in [5, 5.41) is 0.505. The van der Waals surface area contributed by atoms with Crippen LogP contribution in [0.4, 0.5) is 4.39 Å². The fourth-order valence-electron chi connectivity index (χ4n) is 3.63. The molecule has 5 nitrogen and oxygen atoms in total. The minimum absolute atomic E-state index is 0.0371. The van der Waals surface area contributed by atoms with E-state index >= 15 is 0 Å². The van der Waals surface area contributed by atoms with Crippen LogP contribution in [0.5, 0.6) is 0 Å². The lowest BCUT2D eigenvalue weighted by molar-refractivity contribution is 0.508. The van der Waals surface area contributed by atoms with Gasteiger partial charge in [0.05, 0.1) is 11.1 Å². The van der Waals surface area contributed by atoms with Crippen LogP contribution in [-0.4, -0.2) is 14.1 Å². The maximum absolute atomic E-state index is 14.6.